The summed E-state index contributed by atoms with van der Waals surface area (Å²) in [6.07, 6.45) is 7.86. The van der Waals surface area contributed by atoms with Gasteiger partial charge in [0.1, 0.15) is 0 Å². The van der Waals surface area contributed by atoms with E-state index in [1.54, 1.807) is 0 Å². The normalized spacial score (nSPS) is 25.3. The lowest BCUT2D eigenvalue weighted by molar-refractivity contribution is 0.228. The Kier molecular flexibility index (Phi) is 5.04. The Balaban J connectivity index is 2.00. The summed E-state index contributed by atoms with van der Waals surface area (Å²) in [5.41, 5.74) is 10.7. The van der Waals surface area contributed by atoms with Crippen LogP contribution in [-0.4, -0.2) is 6.04 Å². The van der Waals surface area contributed by atoms with Gasteiger partial charge < -0.3 is 5.73 Å². The smallest absolute Gasteiger partial charge is 0.0108 e. The molecule has 2 rings (SSSR count). The zero-order valence-electron chi connectivity index (χ0n) is 12.8. The van der Waals surface area contributed by atoms with Crippen LogP contribution >= 0.6 is 0 Å². The van der Waals surface area contributed by atoms with Crippen molar-refractivity contribution in [1.29, 1.82) is 0 Å². The van der Waals surface area contributed by atoms with Crippen LogP contribution in [-0.2, 0) is 6.42 Å². The first-order valence-corrected chi connectivity index (χ1v) is 7.91. The first kappa shape index (κ1) is 14.6. The molecule has 1 aromatic carbocycles. The van der Waals surface area contributed by atoms with Gasteiger partial charge in [0, 0.05) is 6.04 Å². The van der Waals surface area contributed by atoms with Crippen LogP contribution in [0, 0.1) is 25.7 Å². The molecule has 3 unspecified atom stereocenters. The van der Waals surface area contributed by atoms with Gasteiger partial charge in [-0.1, -0.05) is 49.9 Å². The Labute approximate surface area is 118 Å². The Hall–Kier alpha value is -0.820. The van der Waals surface area contributed by atoms with Crippen molar-refractivity contribution < 1.29 is 0 Å². The second-order valence-electron chi connectivity index (χ2n) is 6.50. The van der Waals surface area contributed by atoms with Gasteiger partial charge in [0.15, 0.2) is 0 Å². The zero-order valence-corrected chi connectivity index (χ0v) is 12.8. The molecule has 1 aromatic rings. The van der Waals surface area contributed by atoms with Gasteiger partial charge in [0.2, 0.25) is 0 Å². The molecule has 0 spiro atoms. The molecule has 0 aromatic heterocycles. The third-order valence-electron chi connectivity index (χ3n) is 4.97. The molecule has 0 aliphatic heterocycles. The molecule has 0 radical (unpaired) electrons. The predicted molar refractivity (Wildman–Crippen MR) is 83.3 cm³/mol. The van der Waals surface area contributed by atoms with E-state index in [1.807, 2.05) is 0 Å². The molecular weight excluding hydrogens is 230 g/mol. The van der Waals surface area contributed by atoms with E-state index in [9.17, 15) is 0 Å². The summed E-state index contributed by atoms with van der Waals surface area (Å²) in [7, 11) is 0. The van der Waals surface area contributed by atoms with Crippen molar-refractivity contribution in [2.24, 2.45) is 17.6 Å². The highest BCUT2D eigenvalue weighted by atomic mass is 14.7. The largest absolute Gasteiger partial charge is 0.327 e. The quantitative estimate of drug-likeness (QED) is 0.852. The molecule has 2 N–H and O–H groups in total. The Morgan fingerprint density at radius 1 is 1.26 bits per heavy atom. The fraction of sp³-hybridized carbons (Fsp3) is 0.667. The van der Waals surface area contributed by atoms with Gasteiger partial charge in [-0.3, -0.25) is 0 Å². The van der Waals surface area contributed by atoms with Crippen LogP contribution in [0.5, 0.6) is 0 Å². The summed E-state index contributed by atoms with van der Waals surface area (Å²) in [6.45, 7) is 6.70. The molecule has 1 fully saturated rings. The fourth-order valence-electron chi connectivity index (χ4n) is 3.53. The van der Waals surface area contributed by atoms with Gasteiger partial charge in [-0.05, 0) is 56.1 Å². The van der Waals surface area contributed by atoms with Crippen LogP contribution in [0.15, 0.2) is 18.2 Å². The summed E-state index contributed by atoms with van der Waals surface area (Å²) in [4.78, 5) is 0. The maximum atomic E-state index is 6.52. The number of nitrogens with two attached hydrogens (primary N) is 1. The maximum Gasteiger partial charge on any atom is 0.0108 e. The van der Waals surface area contributed by atoms with Gasteiger partial charge in [0.05, 0.1) is 0 Å². The van der Waals surface area contributed by atoms with Crippen molar-refractivity contribution >= 4 is 0 Å². The number of rotatable bonds is 4. The van der Waals surface area contributed by atoms with Crippen molar-refractivity contribution in [3.05, 3.63) is 34.9 Å². The van der Waals surface area contributed by atoms with Gasteiger partial charge in [-0.25, -0.2) is 0 Å². The van der Waals surface area contributed by atoms with E-state index < -0.39 is 0 Å². The maximum absolute atomic E-state index is 6.52. The predicted octanol–water partition coefficient (Wildman–Crippen LogP) is 4.39. The molecule has 0 saturated heterocycles. The first-order chi connectivity index (χ1) is 9.10. The molecule has 1 heteroatoms. The van der Waals surface area contributed by atoms with Gasteiger partial charge in [-0.15, -0.1) is 0 Å². The summed E-state index contributed by atoms with van der Waals surface area (Å²) in [6, 6.07) is 7.08. The molecule has 1 aliphatic rings. The van der Waals surface area contributed by atoms with Crippen molar-refractivity contribution in [3.63, 3.8) is 0 Å². The van der Waals surface area contributed by atoms with Crippen LogP contribution in [0.25, 0.3) is 0 Å². The number of benzene rings is 1. The van der Waals surface area contributed by atoms with E-state index in [1.165, 1.54) is 48.8 Å². The minimum Gasteiger partial charge on any atom is -0.327 e. The lowest BCUT2D eigenvalue weighted by Gasteiger charge is -2.32. The van der Waals surface area contributed by atoms with Crippen LogP contribution in [0.2, 0.25) is 0 Å². The first-order valence-electron chi connectivity index (χ1n) is 7.91. The van der Waals surface area contributed by atoms with Gasteiger partial charge in [-0.2, -0.15) is 0 Å². The van der Waals surface area contributed by atoms with E-state index in [2.05, 4.69) is 39.0 Å². The zero-order chi connectivity index (χ0) is 13.8. The number of hydrogen-bond acceptors (Lipinski definition) is 1. The molecule has 1 saturated carbocycles. The number of aryl methyl sites for hydroxylation is 2. The average Bonchev–Trinajstić information content (AvgIpc) is 2.43. The summed E-state index contributed by atoms with van der Waals surface area (Å²) < 4.78 is 0. The van der Waals surface area contributed by atoms with E-state index in [-0.39, 0.29) is 0 Å². The molecule has 3 atom stereocenters. The lowest BCUT2D eigenvalue weighted by atomic mass is 9.75. The SMILES string of the molecule is CCC1CCCC(C(N)Cc2cc(C)ccc2C)C1. The highest BCUT2D eigenvalue weighted by Gasteiger charge is 2.25. The van der Waals surface area contributed by atoms with Crippen molar-refractivity contribution in [2.45, 2.75) is 65.3 Å². The third kappa shape index (κ3) is 3.82. The lowest BCUT2D eigenvalue weighted by Crippen LogP contribution is -2.35. The fourth-order valence-corrected chi connectivity index (χ4v) is 3.53. The topological polar surface area (TPSA) is 26.0 Å². The van der Waals surface area contributed by atoms with E-state index in [0.717, 1.165) is 18.3 Å². The van der Waals surface area contributed by atoms with E-state index in [0.29, 0.717) is 6.04 Å². The highest BCUT2D eigenvalue weighted by Crippen LogP contribution is 2.33. The second-order valence-corrected chi connectivity index (χ2v) is 6.50. The van der Waals surface area contributed by atoms with Crippen molar-refractivity contribution in [2.75, 3.05) is 0 Å². The minimum absolute atomic E-state index is 0.342. The monoisotopic (exact) mass is 259 g/mol. The van der Waals surface area contributed by atoms with E-state index in [4.69, 9.17) is 5.73 Å². The van der Waals surface area contributed by atoms with Crippen LogP contribution < -0.4 is 5.73 Å². The van der Waals surface area contributed by atoms with Crippen LogP contribution in [0.3, 0.4) is 0 Å². The standard InChI is InChI=1S/C18H29N/c1-4-15-6-5-7-16(11-15)18(19)12-17-10-13(2)8-9-14(17)3/h8-10,15-16,18H,4-7,11-12,19H2,1-3H3. The Bertz CT molecular complexity index is 410. The molecule has 1 aliphatic carbocycles. The third-order valence-corrected chi connectivity index (χ3v) is 4.97. The Morgan fingerprint density at radius 3 is 2.79 bits per heavy atom. The molecule has 0 amide bonds. The van der Waals surface area contributed by atoms with Gasteiger partial charge in [0.25, 0.3) is 0 Å². The average molecular weight is 259 g/mol. The number of hydrogen-bond donors (Lipinski definition) is 1. The second kappa shape index (κ2) is 6.56. The van der Waals surface area contributed by atoms with Crippen molar-refractivity contribution in [3.8, 4) is 0 Å². The van der Waals surface area contributed by atoms with Crippen LogP contribution in [0.4, 0.5) is 0 Å². The van der Waals surface area contributed by atoms with Gasteiger partial charge >= 0.3 is 0 Å². The molecule has 0 bridgehead atoms. The van der Waals surface area contributed by atoms with Crippen LogP contribution in [0.1, 0.15) is 55.7 Å². The van der Waals surface area contributed by atoms with Crippen molar-refractivity contribution in [1.82, 2.24) is 0 Å². The molecular formula is C18H29N. The van der Waals surface area contributed by atoms with E-state index >= 15 is 0 Å². The molecule has 19 heavy (non-hydrogen) atoms. The molecule has 106 valence electrons. The molecule has 1 nitrogen and oxygen atoms in total. The highest BCUT2D eigenvalue weighted by molar-refractivity contribution is 5.31. The summed E-state index contributed by atoms with van der Waals surface area (Å²) in [5.74, 6) is 1.65. The Morgan fingerprint density at radius 2 is 2.05 bits per heavy atom. The minimum atomic E-state index is 0.342. The molecule has 0 heterocycles. The summed E-state index contributed by atoms with van der Waals surface area (Å²) >= 11 is 0. The summed E-state index contributed by atoms with van der Waals surface area (Å²) in [5, 5.41) is 0.